The van der Waals surface area contributed by atoms with Gasteiger partial charge in [-0.25, -0.2) is 8.42 Å². The van der Waals surface area contributed by atoms with Gasteiger partial charge in [-0.2, -0.15) is 0 Å². The number of ether oxygens (including phenoxy) is 2. The minimum Gasteiger partial charge on any atom is -0.495 e. The lowest BCUT2D eigenvalue weighted by Crippen LogP contribution is -2.45. The molecule has 1 aromatic carbocycles. The lowest BCUT2D eigenvalue weighted by molar-refractivity contribution is -0.118. The van der Waals surface area contributed by atoms with Crippen LogP contribution < -0.4 is 14.4 Å². The molecule has 0 saturated carbocycles. The Balaban J connectivity index is 2.17. The SMILES string of the molecule is COCCS(=O)(=O)Nc1cc(N2CCN(C=O)CC2)ccc1OC. The summed E-state index contributed by atoms with van der Waals surface area (Å²) in [4.78, 5) is 14.6. The molecule has 1 aliphatic heterocycles. The van der Waals surface area contributed by atoms with Crippen LogP contribution in [0.2, 0.25) is 0 Å². The summed E-state index contributed by atoms with van der Waals surface area (Å²) in [7, 11) is -0.573. The van der Waals surface area contributed by atoms with Gasteiger partial charge in [-0.1, -0.05) is 0 Å². The summed E-state index contributed by atoms with van der Waals surface area (Å²) in [6.45, 7) is 2.79. The van der Waals surface area contributed by atoms with E-state index in [1.165, 1.54) is 14.2 Å². The Bertz CT molecular complexity index is 657. The van der Waals surface area contributed by atoms with Crippen molar-refractivity contribution in [1.82, 2.24) is 4.90 Å². The summed E-state index contributed by atoms with van der Waals surface area (Å²) in [5.41, 5.74) is 1.27. The highest BCUT2D eigenvalue weighted by Gasteiger charge is 2.19. The van der Waals surface area contributed by atoms with Gasteiger partial charge in [-0.15, -0.1) is 0 Å². The fourth-order valence-corrected chi connectivity index (χ4v) is 3.45. The molecule has 1 aromatic rings. The molecule has 2 rings (SSSR count). The van der Waals surface area contributed by atoms with Crippen LogP contribution in [0.4, 0.5) is 11.4 Å². The second kappa shape index (κ2) is 8.20. The molecule has 1 N–H and O–H groups in total. The predicted octanol–water partition coefficient (Wildman–Crippen LogP) is 0.362. The van der Waals surface area contributed by atoms with Crippen LogP contribution in [0.1, 0.15) is 0 Å². The van der Waals surface area contributed by atoms with Crippen molar-refractivity contribution in [3.05, 3.63) is 18.2 Å². The van der Waals surface area contributed by atoms with Gasteiger partial charge in [-0.05, 0) is 18.2 Å². The average molecular weight is 357 g/mol. The number of rotatable bonds is 8. The molecule has 9 heteroatoms. The Morgan fingerprint density at radius 3 is 2.50 bits per heavy atom. The fourth-order valence-electron chi connectivity index (χ4n) is 2.47. The van der Waals surface area contributed by atoms with Gasteiger partial charge in [0.1, 0.15) is 5.75 Å². The number of sulfonamides is 1. The molecular weight excluding hydrogens is 334 g/mol. The molecule has 0 aromatic heterocycles. The quantitative estimate of drug-likeness (QED) is 0.676. The molecule has 8 nitrogen and oxygen atoms in total. The fraction of sp³-hybridized carbons (Fsp3) is 0.533. The van der Waals surface area contributed by atoms with Gasteiger partial charge in [0, 0.05) is 39.0 Å². The van der Waals surface area contributed by atoms with Crippen molar-refractivity contribution < 1.29 is 22.7 Å². The summed E-state index contributed by atoms with van der Waals surface area (Å²) in [6.07, 6.45) is 0.848. The largest absolute Gasteiger partial charge is 0.495 e. The van der Waals surface area contributed by atoms with Crippen molar-refractivity contribution in [3.63, 3.8) is 0 Å². The summed E-state index contributed by atoms with van der Waals surface area (Å²) in [5.74, 6) is 0.320. The van der Waals surface area contributed by atoms with Crippen LogP contribution in [0.5, 0.6) is 5.75 Å². The van der Waals surface area contributed by atoms with E-state index in [0.717, 1.165) is 12.1 Å². The molecule has 0 bridgehead atoms. The Hall–Kier alpha value is -2.00. The highest BCUT2D eigenvalue weighted by atomic mass is 32.2. The van der Waals surface area contributed by atoms with E-state index in [1.807, 2.05) is 6.07 Å². The van der Waals surface area contributed by atoms with Gasteiger partial charge in [-0.3, -0.25) is 9.52 Å². The smallest absolute Gasteiger partial charge is 0.235 e. The third-order valence-corrected chi connectivity index (χ3v) is 5.07. The first-order chi connectivity index (χ1) is 11.5. The van der Waals surface area contributed by atoms with E-state index in [2.05, 4.69) is 9.62 Å². The molecule has 1 amide bonds. The van der Waals surface area contributed by atoms with Crippen LogP contribution in [-0.4, -0.2) is 72.5 Å². The third-order valence-electron chi connectivity index (χ3n) is 3.83. The minimum atomic E-state index is -3.52. The molecule has 1 saturated heterocycles. The van der Waals surface area contributed by atoms with Crippen LogP contribution in [0.15, 0.2) is 18.2 Å². The van der Waals surface area contributed by atoms with Gasteiger partial charge < -0.3 is 19.3 Å². The minimum absolute atomic E-state index is 0.116. The number of anilines is 2. The summed E-state index contributed by atoms with van der Waals surface area (Å²) in [5, 5.41) is 0. The van der Waals surface area contributed by atoms with E-state index in [0.29, 0.717) is 37.6 Å². The normalized spacial score (nSPS) is 15.2. The van der Waals surface area contributed by atoms with E-state index < -0.39 is 10.0 Å². The maximum atomic E-state index is 12.1. The second-order valence-electron chi connectivity index (χ2n) is 5.43. The van der Waals surface area contributed by atoms with E-state index >= 15 is 0 Å². The number of carbonyl (C=O) groups is 1. The molecule has 0 radical (unpaired) electrons. The average Bonchev–Trinajstić information content (AvgIpc) is 2.59. The van der Waals surface area contributed by atoms with Gasteiger partial charge in [0.15, 0.2) is 0 Å². The molecule has 24 heavy (non-hydrogen) atoms. The number of hydrogen-bond donors (Lipinski definition) is 1. The third kappa shape index (κ3) is 4.75. The summed E-state index contributed by atoms with van der Waals surface area (Å²) < 4.78 is 36.8. The van der Waals surface area contributed by atoms with E-state index in [-0.39, 0.29) is 12.4 Å². The Labute approximate surface area is 142 Å². The highest BCUT2D eigenvalue weighted by molar-refractivity contribution is 7.92. The van der Waals surface area contributed by atoms with Crippen molar-refractivity contribution in [1.29, 1.82) is 0 Å². The maximum absolute atomic E-state index is 12.1. The number of carbonyl (C=O) groups excluding carboxylic acids is 1. The topological polar surface area (TPSA) is 88.2 Å². The molecule has 1 heterocycles. The zero-order valence-electron chi connectivity index (χ0n) is 13.9. The molecule has 1 fully saturated rings. The van der Waals surface area contributed by atoms with Crippen molar-refractivity contribution in [2.45, 2.75) is 0 Å². The molecular formula is C15H23N3O5S. The van der Waals surface area contributed by atoms with E-state index in [9.17, 15) is 13.2 Å². The zero-order chi connectivity index (χ0) is 17.6. The number of nitrogens with zero attached hydrogens (tertiary/aromatic N) is 2. The lowest BCUT2D eigenvalue weighted by Gasteiger charge is -2.34. The summed E-state index contributed by atoms with van der Waals surface area (Å²) >= 11 is 0. The Morgan fingerprint density at radius 1 is 1.21 bits per heavy atom. The van der Waals surface area contributed by atoms with Crippen molar-refractivity contribution in [2.24, 2.45) is 0 Å². The lowest BCUT2D eigenvalue weighted by atomic mass is 10.2. The van der Waals surface area contributed by atoms with Crippen LogP contribution in [-0.2, 0) is 19.6 Å². The number of piperazine rings is 1. The first-order valence-electron chi connectivity index (χ1n) is 7.61. The predicted molar refractivity (Wildman–Crippen MR) is 92.1 cm³/mol. The van der Waals surface area contributed by atoms with Crippen LogP contribution in [0.3, 0.4) is 0 Å². The maximum Gasteiger partial charge on any atom is 0.235 e. The van der Waals surface area contributed by atoms with Gasteiger partial charge in [0.2, 0.25) is 16.4 Å². The van der Waals surface area contributed by atoms with Gasteiger partial charge in [0.25, 0.3) is 0 Å². The molecule has 134 valence electrons. The summed E-state index contributed by atoms with van der Waals surface area (Å²) in [6, 6.07) is 5.36. The van der Waals surface area contributed by atoms with Crippen molar-refractivity contribution >= 4 is 27.8 Å². The Morgan fingerprint density at radius 2 is 1.92 bits per heavy atom. The van der Waals surface area contributed by atoms with E-state index in [4.69, 9.17) is 9.47 Å². The van der Waals surface area contributed by atoms with E-state index in [1.54, 1.807) is 17.0 Å². The van der Waals surface area contributed by atoms with Crippen molar-refractivity contribution in [2.75, 3.05) is 62.4 Å². The Kier molecular flexibility index (Phi) is 6.27. The number of nitrogens with one attached hydrogen (secondary N) is 1. The van der Waals surface area contributed by atoms with Crippen LogP contribution in [0.25, 0.3) is 0 Å². The van der Waals surface area contributed by atoms with Crippen LogP contribution >= 0.6 is 0 Å². The standard InChI is InChI=1S/C15H23N3O5S/c1-22-9-10-24(20,21)16-14-11-13(3-4-15(14)23-2)18-7-5-17(12-19)6-8-18/h3-4,11-12,16H,5-10H2,1-2H3. The first-order valence-corrected chi connectivity index (χ1v) is 9.26. The molecule has 1 aliphatic rings. The second-order valence-corrected chi connectivity index (χ2v) is 7.27. The van der Waals surface area contributed by atoms with Crippen molar-refractivity contribution in [3.8, 4) is 5.75 Å². The molecule has 0 spiro atoms. The highest BCUT2D eigenvalue weighted by Crippen LogP contribution is 2.31. The molecule has 0 unspecified atom stereocenters. The van der Waals surface area contributed by atoms with Gasteiger partial charge in [0.05, 0.1) is 25.2 Å². The zero-order valence-corrected chi connectivity index (χ0v) is 14.7. The van der Waals surface area contributed by atoms with Gasteiger partial charge >= 0.3 is 0 Å². The number of amides is 1. The molecule has 0 atom stereocenters. The van der Waals surface area contributed by atoms with Crippen LogP contribution in [0, 0.1) is 0 Å². The number of benzene rings is 1. The molecule has 0 aliphatic carbocycles. The number of methoxy groups -OCH3 is 2. The monoisotopic (exact) mass is 357 g/mol. The first kappa shape index (κ1) is 18.3. The number of hydrogen-bond acceptors (Lipinski definition) is 6.